The summed E-state index contributed by atoms with van der Waals surface area (Å²) in [6.45, 7) is 3.82. The van der Waals surface area contributed by atoms with E-state index in [9.17, 15) is 8.78 Å². The molecule has 0 saturated carbocycles. The first-order valence-corrected chi connectivity index (χ1v) is 8.68. The number of halogens is 2. The second-order valence-electron chi connectivity index (χ2n) is 6.45. The van der Waals surface area contributed by atoms with E-state index in [1.54, 1.807) is 11.7 Å². The van der Waals surface area contributed by atoms with Crippen LogP contribution in [-0.2, 0) is 0 Å². The van der Waals surface area contributed by atoms with Gasteiger partial charge in [-0.05, 0) is 55.8 Å². The third-order valence-electron chi connectivity index (χ3n) is 4.75. The Morgan fingerprint density at radius 2 is 1.64 bits per heavy atom. The number of methoxy groups -OCH3 is 1. The monoisotopic (exact) mass is 380 g/mol. The standard InChI is InChI=1S/C21H18F2N4O/c1-12-13(2)27(17-9-14(22)8-15(23)10-17)21-19(12)20(24-11-25-21)26-16-4-6-18(28-3)7-5-16/h4-11H,1-3H3,(H,24,25,26). The third-order valence-corrected chi connectivity index (χ3v) is 4.75. The molecule has 2 aromatic carbocycles. The molecule has 5 nitrogen and oxygen atoms in total. The third kappa shape index (κ3) is 3.05. The molecular weight excluding hydrogens is 362 g/mol. The molecule has 0 unspecified atom stereocenters. The lowest BCUT2D eigenvalue weighted by Gasteiger charge is -2.10. The molecule has 142 valence electrons. The number of aromatic nitrogens is 3. The molecule has 7 heteroatoms. The summed E-state index contributed by atoms with van der Waals surface area (Å²) in [5.74, 6) is 0.0927. The molecule has 28 heavy (non-hydrogen) atoms. The fraction of sp³-hybridized carbons (Fsp3) is 0.143. The molecule has 0 amide bonds. The Bertz CT molecular complexity index is 1150. The van der Waals surface area contributed by atoms with Crippen LogP contribution in [0, 0.1) is 25.5 Å². The summed E-state index contributed by atoms with van der Waals surface area (Å²) in [6.07, 6.45) is 1.43. The second-order valence-corrected chi connectivity index (χ2v) is 6.45. The maximum absolute atomic E-state index is 13.8. The van der Waals surface area contributed by atoms with Crippen LogP contribution in [0.5, 0.6) is 5.75 Å². The molecule has 4 rings (SSSR count). The van der Waals surface area contributed by atoms with E-state index in [2.05, 4.69) is 15.3 Å². The molecule has 2 aromatic heterocycles. The van der Waals surface area contributed by atoms with E-state index in [0.717, 1.165) is 34.1 Å². The minimum atomic E-state index is -0.639. The SMILES string of the molecule is COc1ccc(Nc2ncnc3c2c(C)c(C)n3-c2cc(F)cc(F)c2)cc1. The highest BCUT2D eigenvalue weighted by molar-refractivity contribution is 5.94. The van der Waals surface area contributed by atoms with Gasteiger partial charge in [0.1, 0.15) is 29.5 Å². The lowest BCUT2D eigenvalue weighted by Crippen LogP contribution is -2.01. The van der Waals surface area contributed by atoms with Crippen molar-refractivity contribution >= 4 is 22.5 Å². The summed E-state index contributed by atoms with van der Waals surface area (Å²) in [4.78, 5) is 8.75. The van der Waals surface area contributed by atoms with Crippen LogP contribution >= 0.6 is 0 Å². The zero-order chi connectivity index (χ0) is 19.8. The molecule has 0 atom stereocenters. The fourth-order valence-corrected chi connectivity index (χ4v) is 3.29. The van der Waals surface area contributed by atoms with Crippen LogP contribution in [0.4, 0.5) is 20.3 Å². The first-order chi connectivity index (χ1) is 13.5. The molecule has 0 radical (unpaired) electrons. The summed E-state index contributed by atoms with van der Waals surface area (Å²) in [5, 5.41) is 4.08. The number of nitrogens with one attached hydrogen (secondary N) is 1. The Labute approximate surface area is 160 Å². The summed E-state index contributed by atoms with van der Waals surface area (Å²) in [7, 11) is 1.61. The number of anilines is 2. The van der Waals surface area contributed by atoms with Crippen LogP contribution < -0.4 is 10.1 Å². The first kappa shape index (κ1) is 17.9. The van der Waals surface area contributed by atoms with Crippen LogP contribution in [0.15, 0.2) is 48.8 Å². The van der Waals surface area contributed by atoms with Gasteiger partial charge in [-0.25, -0.2) is 18.7 Å². The van der Waals surface area contributed by atoms with Crippen molar-refractivity contribution in [2.24, 2.45) is 0 Å². The number of benzene rings is 2. The van der Waals surface area contributed by atoms with Crippen molar-refractivity contribution < 1.29 is 13.5 Å². The number of hydrogen-bond donors (Lipinski definition) is 1. The number of ether oxygens (including phenoxy) is 1. The topological polar surface area (TPSA) is 52.0 Å². The van der Waals surface area contributed by atoms with Crippen LogP contribution in [0.2, 0.25) is 0 Å². The van der Waals surface area contributed by atoms with E-state index >= 15 is 0 Å². The van der Waals surface area contributed by atoms with Gasteiger partial charge in [-0.2, -0.15) is 0 Å². The number of hydrogen-bond acceptors (Lipinski definition) is 4. The molecule has 0 aliphatic carbocycles. The van der Waals surface area contributed by atoms with E-state index in [0.29, 0.717) is 17.2 Å². The molecule has 0 aliphatic rings. The van der Waals surface area contributed by atoms with Crippen molar-refractivity contribution in [2.45, 2.75) is 13.8 Å². The van der Waals surface area contributed by atoms with Crippen molar-refractivity contribution in [3.05, 3.63) is 71.7 Å². The normalized spacial score (nSPS) is 11.0. The van der Waals surface area contributed by atoms with Crippen LogP contribution in [0.1, 0.15) is 11.3 Å². The Kier molecular flexibility index (Phi) is 4.43. The van der Waals surface area contributed by atoms with Gasteiger partial charge in [0, 0.05) is 17.4 Å². The molecular formula is C21H18F2N4O. The average molecular weight is 380 g/mol. The molecule has 0 fully saturated rings. The van der Waals surface area contributed by atoms with E-state index in [4.69, 9.17) is 4.74 Å². The number of aryl methyl sites for hydroxylation is 1. The highest BCUT2D eigenvalue weighted by atomic mass is 19.1. The predicted octanol–water partition coefficient (Wildman–Crippen LogP) is 5.07. The van der Waals surface area contributed by atoms with E-state index in [1.807, 2.05) is 38.1 Å². The Hall–Kier alpha value is -3.48. The van der Waals surface area contributed by atoms with Crippen molar-refractivity contribution in [1.82, 2.24) is 14.5 Å². The Morgan fingerprint density at radius 3 is 2.29 bits per heavy atom. The van der Waals surface area contributed by atoms with Crippen molar-refractivity contribution in [3.63, 3.8) is 0 Å². The lowest BCUT2D eigenvalue weighted by molar-refractivity contribution is 0.415. The summed E-state index contributed by atoms with van der Waals surface area (Å²) >= 11 is 0. The molecule has 0 spiro atoms. The van der Waals surface area contributed by atoms with Gasteiger partial charge in [-0.3, -0.25) is 4.57 Å². The highest BCUT2D eigenvalue weighted by Gasteiger charge is 2.18. The summed E-state index contributed by atoms with van der Waals surface area (Å²) < 4.78 is 34.5. The van der Waals surface area contributed by atoms with E-state index in [-0.39, 0.29) is 0 Å². The largest absolute Gasteiger partial charge is 0.497 e. The maximum Gasteiger partial charge on any atom is 0.150 e. The van der Waals surface area contributed by atoms with Crippen molar-refractivity contribution in [1.29, 1.82) is 0 Å². The number of nitrogens with zero attached hydrogens (tertiary/aromatic N) is 3. The van der Waals surface area contributed by atoms with Gasteiger partial charge in [0.25, 0.3) is 0 Å². The van der Waals surface area contributed by atoms with Crippen LogP contribution in [0.3, 0.4) is 0 Å². The van der Waals surface area contributed by atoms with Gasteiger partial charge in [0.2, 0.25) is 0 Å². The van der Waals surface area contributed by atoms with Gasteiger partial charge in [-0.15, -0.1) is 0 Å². The average Bonchev–Trinajstić information content (AvgIpc) is 2.93. The Morgan fingerprint density at radius 1 is 0.964 bits per heavy atom. The second kappa shape index (κ2) is 6.92. The maximum atomic E-state index is 13.8. The van der Waals surface area contributed by atoms with E-state index in [1.165, 1.54) is 18.5 Å². The van der Waals surface area contributed by atoms with Gasteiger partial charge in [0.15, 0.2) is 5.65 Å². The molecule has 0 aliphatic heterocycles. The summed E-state index contributed by atoms with van der Waals surface area (Å²) in [6, 6.07) is 10.9. The fourth-order valence-electron chi connectivity index (χ4n) is 3.29. The van der Waals surface area contributed by atoms with Gasteiger partial charge in [0.05, 0.1) is 18.2 Å². The first-order valence-electron chi connectivity index (χ1n) is 8.68. The van der Waals surface area contributed by atoms with Gasteiger partial charge in [-0.1, -0.05) is 0 Å². The highest BCUT2D eigenvalue weighted by Crippen LogP contribution is 2.33. The zero-order valence-electron chi connectivity index (χ0n) is 15.6. The lowest BCUT2D eigenvalue weighted by atomic mass is 10.2. The predicted molar refractivity (Wildman–Crippen MR) is 105 cm³/mol. The molecule has 1 N–H and O–H groups in total. The molecule has 0 bridgehead atoms. The Balaban J connectivity index is 1.86. The van der Waals surface area contributed by atoms with Crippen molar-refractivity contribution in [2.75, 3.05) is 12.4 Å². The smallest absolute Gasteiger partial charge is 0.150 e. The molecule has 4 aromatic rings. The van der Waals surface area contributed by atoms with Crippen LogP contribution in [-0.4, -0.2) is 21.6 Å². The van der Waals surface area contributed by atoms with E-state index < -0.39 is 11.6 Å². The quantitative estimate of drug-likeness (QED) is 0.537. The van der Waals surface area contributed by atoms with Gasteiger partial charge >= 0.3 is 0 Å². The minimum Gasteiger partial charge on any atom is -0.497 e. The molecule has 2 heterocycles. The minimum absolute atomic E-state index is 0.377. The van der Waals surface area contributed by atoms with Gasteiger partial charge < -0.3 is 10.1 Å². The number of fused-ring (bicyclic) bond motifs is 1. The molecule has 0 saturated heterocycles. The van der Waals surface area contributed by atoms with Crippen LogP contribution in [0.25, 0.3) is 16.7 Å². The summed E-state index contributed by atoms with van der Waals surface area (Å²) in [5.41, 5.74) is 3.55. The van der Waals surface area contributed by atoms with Crippen molar-refractivity contribution in [3.8, 4) is 11.4 Å². The zero-order valence-corrected chi connectivity index (χ0v) is 15.6. The number of rotatable bonds is 4.